The molecule has 0 radical (unpaired) electrons. The summed E-state index contributed by atoms with van der Waals surface area (Å²) in [7, 11) is 0. The van der Waals surface area contributed by atoms with Crippen LogP contribution in [0.15, 0.2) is 0 Å². The third kappa shape index (κ3) is 15.3. The highest BCUT2D eigenvalue weighted by atomic mass is 32.2. The van der Waals surface area contributed by atoms with Gasteiger partial charge in [-0.1, -0.05) is 64.7 Å². The van der Waals surface area contributed by atoms with Crippen LogP contribution in [0.4, 0.5) is 4.79 Å². The summed E-state index contributed by atoms with van der Waals surface area (Å²) >= 11 is 1.18. The summed E-state index contributed by atoms with van der Waals surface area (Å²) in [6, 6.07) is 1.79. The van der Waals surface area contributed by atoms with E-state index in [0.29, 0.717) is 0 Å². The molecule has 0 atom stereocenters. The molecule has 0 spiro atoms. The van der Waals surface area contributed by atoms with Gasteiger partial charge < -0.3 is 4.74 Å². The van der Waals surface area contributed by atoms with Crippen LogP contribution in [0.3, 0.4) is 0 Å². The maximum atomic E-state index is 11.1. The van der Waals surface area contributed by atoms with Crippen LogP contribution in [0.2, 0.25) is 0 Å². The largest absolute Gasteiger partial charge is 0.442 e. The van der Waals surface area contributed by atoms with Gasteiger partial charge in [-0.15, -0.1) is 0 Å². The Morgan fingerprint density at radius 3 is 2.05 bits per heavy atom. The van der Waals surface area contributed by atoms with E-state index in [9.17, 15) is 4.79 Å². The predicted octanol–water partition coefficient (Wildman–Crippen LogP) is 5.30. The van der Waals surface area contributed by atoms with E-state index in [1.165, 1.54) is 69.5 Å². The van der Waals surface area contributed by atoms with Gasteiger partial charge in [0, 0.05) is 5.75 Å². The molecule has 0 aromatic rings. The van der Waals surface area contributed by atoms with Crippen LogP contribution in [-0.4, -0.2) is 17.7 Å². The Bertz CT molecular complexity index is 251. The van der Waals surface area contributed by atoms with E-state index < -0.39 is 0 Å². The molecule has 0 aliphatic heterocycles. The first-order valence-corrected chi connectivity index (χ1v) is 8.46. The number of hydrogen-bond donors (Lipinski definition) is 0. The van der Waals surface area contributed by atoms with E-state index in [2.05, 4.69) is 11.7 Å². The number of carbonyl (C=O) groups is 1. The molecule has 3 nitrogen and oxygen atoms in total. The van der Waals surface area contributed by atoms with E-state index in [0.717, 1.165) is 12.2 Å². The van der Waals surface area contributed by atoms with Crippen molar-refractivity contribution < 1.29 is 9.53 Å². The highest BCUT2D eigenvalue weighted by molar-refractivity contribution is 8.13. The smallest absolute Gasteiger partial charge is 0.368 e. The van der Waals surface area contributed by atoms with Crippen LogP contribution in [-0.2, 0) is 4.74 Å². The third-order valence-electron chi connectivity index (χ3n) is 2.97. The maximum absolute atomic E-state index is 11.1. The molecule has 0 unspecified atom stereocenters. The van der Waals surface area contributed by atoms with Gasteiger partial charge >= 0.3 is 5.30 Å². The van der Waals surface area contributed by atoms with Crippen molar-refractivity contribution in [1.29, 1.82) is 5.26 Å². The number of nitriles is 1. The first kappa shape index (κ1) is 18.3. The van der Waals surface area contributed by atoms with Crippen LogP contribution in [0.1, 0.15) is 71.1 Å². The molecular formula is C15H27NO2S. The van der Waals surface area contributed by atoms with E-state index in [-0.39, 0.29) is 11.9 Å². The van der Waals surface area contributed by atoms with Gasteiger partial charge in [-0.2, -0.15) is 5.26 Å². The summed E-state index contributed by atoms with van der Waals surface area (Å²) in [6.45, 7) is 2.11. The Morgan fingerprint density at radius 1 is 1.00 bits per heavy atom. The van der Waals surface area contributed by atoms with Crippen molar-refractivity contribution in [3.05, 3.63) is 0 Å². The highest BCUT2D eigenvalue weighted by Crippen LogP contribution is 2.13. The number of thioether (sulfide) groups is 1. The first-order chi connectivity index (χ1) is 9.31. The zero-order chi connectivity index (χ0) is 14.2. The molecule has 4 heteroatoms. The lowest BCUT2D eigenvalue weighted by Gasteiger charge is -2.02. The zero-order valence-corrected chi connectivity index (χ0v) is 13.0. The summed E-state index contributed by atoms with van der Waals surface area (Å²) in [5.41, 5.74) is 0. The molecular weight excluding hydrogens is 258 g/mol. The van der Waals surface area contributed by atoms with Crippen molar-refractivity contribution >= 4 is 17.1 Å². The fourth-order valence-electron chi connectivity index (χ4n) is 1.88. The Morgan fingerprint density at radius 2 is 1.53 bits per heavy atom. The van der Waals surface area contributed by atoms with Gasteiger partial charge in [-0.05, 0) is 18.2 Å². The standard InChI is InChI=1S/C15H27NO2S/c1-2-3-4-5-6-7-8-9-10-11-14-19-15(17)18-13-12-16/h2-11,13-14H2,1H3. The van der Waals surface area contributed by atoms with E-state index in [4.69, 9.17) is 5.26 Å². The quantitative estimate of drug-likeness (QED) is 0.360. The van der Waals surface area contributed by atoms with Gasteiger partial charge in [-0.3, -0.25) is 0 Å². The summed E-state index contributed by atoms with van der Waals surface area (Å²) in [6.07, 6.45) is 13.0. The molecule has 0 N–H and O–H groups in total. The lowest BCUT2D eigenvalue weighted by Crippen LogP contribution is -1.98. The number of hydrogen-bond acceptors (Lipinski definition) is 4. The van der Waals surface area contributed by atoms with E-state index in [1.54, 1.807) is 6.07 Å². The second-order valence-corrected chi connectivity index (χ2v) is 5.76. The molecule has 19 heavy (non-hydrogen) atoms. The van der Waals surface area contributed by atoms with Crippen molar-refractivity contribution in [2.45, 2.75) is 71.1 Å². The summed E-state index contributed by atoms with van der Waals surface area (Å²) < 4.78 is 4.65. The molecule has 0 saturated carbocycles. The molecule has 0 aliphatic carbocycles. The number of carbonyl (C=O) groups excluding carboxylic acids is 1. The first-order valence-electron chi connectivity index (χ1n) is 7.47. The summed E-state index contributed by atoms with van der Waals surface area (Å²) in [5.74, 6) is 0.806. The molecule has 0 aliphatic rings. The van der Waals surface area contributed by atoms with Crippen LogP contribution in [0, 0.1) is 11.3 Å². The predicted molar refractivity (Wildman–Crippen MR) is 81.3 cm³/mol. The van der Waals surface area contributed by atoms with Crippen molar-refractivity contribution in [1.82, 2.24) is 0 Å². The van der Waals surface area contributed by atoms with Crippen LogP contribution < -0.4 is 0 Å². The second kappa shape index (κ2) is 15.4. The lowest BCUT2D eigenvalue weighted by atomic mass is 10.1. The van der Waals surface area contributed by atoms with Crippen LogP contribution in [0.25, 0.3) is 0 Å². The zero-order valence-electron chi connectivity index (χ0n) is 12.2. The van der Waals surface area contributed by atoms with Crippen LogP contribution >= 0.6 is 11.8 Å². The van der Waals surface area contributed by atoms with Gasteiger partial charge in [0.15, 0.2) is 6.61 Å². The molecule has 110 valence electrons. The van der Waals surface area contributed by atoms with Gasteiger partial charge in [0.25, 0.3) is 0 Å². The molecule has 0 rings (SSSR count). The summed E-state index contributed by atoms with van der Waals surface area (Å²) in [5, 5.41) is 7.92. The Kier molecular flexibility index (Phi) is 14.8. The average molecular weight is 285 g/mol. The average Bonchev–Trinajstić information content (AvgIpc) is 2.42. The molecule has 0 amide bonds. The van der Waals surface area contributed by atoms with E-state index >= 15 is 0 Å². The molecule has 0 bridgehead atoms. The maximum Gasteiger partial charge on any atom is 0.368 e. The summed E-state index contributed by atoms with van der Waals surface area (Å²) in [4.78, 5) is 11.1. The topological polar surface area (TPSA) is 50.1 Å². The molecule has 0 heterocycles. The second-order valence-electron chi connectivity index (χ2n) is 4.73. The normalized spacial score (nSPS) is 10.1. The van der Waals surface area contributed by atoms with Crippen molar-refractivity contribution in [3.63, 3.8) is 0 Å². The monoisotopic (exact) mass is 285 g/mol. The van der Waals surface area contributed by atoms with Gasteiger partial charge in [0.1, 0.15) is 6.07 Å². The minimum absolute atomic E-state index is 0.135. The van der Waals surface area contributed by atoms with Crippen LogP contribution in [0.5, 0.6) is 0 Å². The van der Waals surface area contributed by atoms with Crippen molar-refractivity contribution in [2.24, 2.45) is 0 Å². The Hall–Kier alpha value is -0.690. The minimum atomic E-state index is -0.322. The number of nitrogens with zero attached hydrogens (tertiary/aromatic N) is 1. The Labute approximate surface area is 122 Å². The Balaban J connectivity index is 3.07. The van der Waals surface area contributed by atoms with Crippen molar-refractivity contribution in [3.8, 4) is 6.07 Å². The molecule has 0 aromatic carbocycles. The fraction of sp³-hybridized carbons (Fsp3) is 0.867. The van der Waals surface area contributed by atoms with Crippen molar-refractivity contribution in [2.75, 3.05) is 12.4 Å². The molecule has 0 saturated heterocycles. The number of ether oxygens (including phenoxy) is 1. The molecule has 0 aromatic heterocycles. The highest BCUT2D eigenvalue weighted by Gasteiger charge is 2.02. The number of rotatable bonds is 12. The minimum Gasteiger partial charge on any atom is -0.442 e. The molecule has 0 fully saturated rings. The van der Waals surface area contributed by atoms with Gasteiger partial charge in [-0.25, -0.2) is 4.79 Å². The number of unbranched alkanes of at least 4 members (excludes halogenated alkanes) is 9. The van der Waals surface area contributed by atoms with Gasteiger partial charge in [0.05, 0.1) is 0 Å². The van der Waals surface area contributed by atoms with E-state index in [1.807, 2.05) is 0 Å². The SMILES string of the molecule is CCCCCCCCCCCCSC(=O)OCC#N. The van der Waals surface area contributed by atoms with Gasteiger partial charge in [0.2, 0.25) is 0 Å². The lowest BCUT2D eigenvalue weighted by molar-refractivity contribution is 0.189. The third-order valence-corrected chi connectivity index (χ3v) is 3.82. The fourth-order valence-corrected chi connectivity index (χ4v) is 2.54.